The Balaban J connectivity index is 4.98. The van der Waals surface area contributed by atoms with Gasteiger partial charge in [-0.25, -0.2) is 0 Å². The topological polar surface area (TPSA) is 123 Å². The van der Waals surface area contributed by atoms with Crippen LogP contribution in [0.4, 0.5) is 0 Å². The summed E-state index contributed by atoms with van der Waals surface area (Å²) in [7, 11) is 0. The summed E-state index contributed by atoms with van der Waals surface area (Å²) >= 11 is 0. The third kappa shape index (κ3) is 6.24. The van der Waals surface area contributed by atoms with E-state index in [0.717, 1.165) is 12.8 Å². The first-order valence-electron chi connectivity index (χ1n) is 8.97. The highest BCUT2D eigenvalue weighted by molar-refractivity contribution is 5.00. The van der Waals surface area contributed by atoms with Gasteiger partial charge in [0.2, 0.25) is 0 Å². The minimum Gasteiger partial charge on any atom is -0.376 e. The van der Waals surface area contributed by atoms with Gasteiger partial charge in [-0.05, 0) is 59.3 Å². The zero-order valence-corrected chi connectivity index (χ0v) is 17.2. The normalized spacial score (nSPS) is 17.0. The minimum absolute atomic E-state index is 0.0909. The van der Waals surface area contributed by atoms with Crippen LogP contribution in [-0.2, 0) is 9.47 Å². The molecule has 8 N–H and O–H groups in total. The van der Waals surface area contributed by atoms with Gasteiger partial charge in [-0.2, -0.15) is 0 Å². The molecular weight excluding hydrogens is 304 g/mol. The molecule has 0 aromatic heterocycles. The molecule has 0 aliphatic rings. The van der Waals surface area contributed by atoms with Crippen molar-refractivity contribution in [2.45, 2.75) is 97.2 Å². The molecule has 0 spiro atoms. The average Bonchev–Trinajstić information content (AvgIpc) is 2.43. The molecule has 0 saturated heterocycles. The van der Waals surface area contributed by atoms with Crippen LogP contribution < -0.4 is 22.9 Å². The first kappa shape index (κ1) is 23.8. The van der Waals surface area contributed by atoms with Crippen molar-refractivity contribution in [3.63, 3.8) is 0 Å². The van der Waals surface area contributed by atoms with Crippen LogP contribution in [0.5, 0.6) is 0 Å². The van der Waals surface area contributed by atoms with Crippen LogP contribution in [0.15, 0.2) is 0 Å². The van der Waals surface area contributed by atoms with E-state index in [1.165, 1.54) is 0 Å². The first-order chi connectivity index (χ1) is 10.5. The number of hydrogen-bond acceptors (Lipinski definition) is 6. The molecule has 146 valence electrons. The Morgan fingerprint density at radius 3 is 1.58 bits per heavy atom. The number of hydrogen-bond donors (Lipinski definition) is 4. The van der Waals surface area contributed by atoms with Gasteiger partial charge in [0.15, 0.2) is 0 Å². The minimum atomic E-state index is -1.30. The molecule has 0 radical (unpaired) electrons. The van der Waals surface area contributed by atoms with Crippen LogP contribution in [0.2, 0.25) is 0 Å². The monoisotopic (exact) mass is 346 g/mol. The SMILES string of the molecule is CCC(N)(N)C(N)(N)COC(C)(C)C(C)(CC)CCOC(C)(C)C. The van der Waals surface area contributed by atoms with Gasteiger partial charge >= 0.3 is 0 Å². The highest BCUT2D eigenvalue weighted by atomic mass is 16.5. The smallest absolute Gasteiger partial charge is 0.120 e. The number of ether oxygens (including phenoxy) is 2. The van der Waals surface area contributed by atoms with Gasteiger partial charge in [-0.1, -0.05) is 20.8 Å². The fourth-order valence-electron chi connectivity index (χ4n) is 2.42. The summed E-state index contributed by atoms with van der Waals surface area (Å²) in [6.07, 6.45) is 2.29. The zero-order chi connectivity index (χ0) is 19.4. The summed E-state index contributed by atoms with van der Waals surface area (Å²) in [5, 5.41) is 0. The Labute approximate surface area is 149 Å². The van der Waals surface area contributed by atoms with Gasteiger partial charge in [-0.15, -0.1) is 0 Å². The van der Waals surface area contributed by atoms with E-state index in [2.05, 4.69) is 48.5 Å². The molecule has 1 atom stereocenters. The Hall–Kier alpha value is -0.240. The van der Waals surface area contributed by atoms with Gasteiger partial charge in [0.25, 0.3) is 0 Å². The maximum absolute atomic E-state index is 6.16. The summed E-state index contributed by atoms with van der Waals surface area (Å²) in [6, 6.07) is 0. The van der Waals surface area contributed by atoms with Gasteiger partial charge in [0.05, 0.1) is 23.5 Å². The summed E-state index contributed by atoms with van der Waals surface area (Å²) < 4.78 is 12.0. The predicted molar refractivity (Wildman–Crippen MR) is 101 cm³/mol. The Bertz CT molecular complexity index is 389. The van der Waals surface area contributed by atoms with Crippen LogP contribution in [0.1, 0.15) is 74.7 Å². The van der Waals surface area contributed by atoms with Gasteiger partial charge in [-0.3, -0.25) is 0 Å². The summed E-state index contributed by atoms with van der Waals surface area (Å²) in [4.78, 5) is 0. The largest absolute Gasteiger partial charge is 0.376 e. The quantitative estimate of drug-likeness (QED) is 0.449. The molecule has 6 heteroatoms. The first-order valence-corrected chi connectivity index (χ1v) is 8.97. The third-order valence-corrected chi connectivity index (χ3v) is 5.55. The molecule has 6 nitrogen and oxygen atoms in total. The second kappa shape index (κ2) is 7.98. The van der Waals surface area contributed by atoms with E-state index >= 15 is 0 Å². The molecule has 0 fully saturated rings. The van der Waals surface area contributed by atoms with Crippen molar-refractivity contribution in [1.29, 1.82) is 0 Å². The summed E-state index contributed by atoms with van der Waals surface area (Å²) in [6.45, 7) is 17.3. The molecule has 1 unspecified atom stereocenters. The molecule has 0 aliphatic carbocycles. The van der Waals surface area contributed by atoms with Crippen molar-refractivity contribution in [2.24, 2.45) is 28.3 Å². The lowest BCUT2D eigenvalue weighted by Crippen LogP contribution is -2.78. The molecule has 0 aliphatic heterocycles. The van der Waals surface area contributed by atoms with Crippen LogP contribution in [0.25, 0.3) is 0 Å². The van der Waals surface area contributed by atoms with E-state index in [0.29, 0.717) is 13.0 Å². The van der Waals surface area contributed by atoms with Crippen molar-refractivity contribution in [1.82, 2.24) is 0 Å². The molecule has 0 amide bonds. The fraction of sp³-hybridized carbons (Fsp3) is 1.00. The highest BCUT2D eigenvalue weighted by Crippen LogP contribution is 2.41. The van der Waals surface area contributed by atoms with Gasteiger partial charge < -0.3 is 32.4 Å². The lowest BCUT2D eigenvalue weighted by atomic mass is 9.71. The molecular formula is C18H42N4O2. The lowest BCUT2D eigenvalue weighted by molar-refractivity contribution is -0.139. The van der Waals surface area contributed by atoms with E-state index in [1.54, 1.807) is 0 Å². The van der Waals surface area contributed by atoms with E-state index < -0.39 is 16.9 Å². The Kier molecular flexibility index (Phi) is 7.90. The molecule has 0 aromatic carbocycles. The average molecular weight is 347 g/mol. The number of nitrogens with two attached hydrogens (primary N) is 4. The van der Waals surface area contributed by atoms with E-state index in [1.807, 2.05) is 6.92 Å². The van der Waals surface area contributed by atoms with Crippen molar-refractivity contribution >= 4 is 0 Å². The van der Waals surface area contributed by atoms with Crippen molar-refractivity contribution < 1.29 is 9.47 Å². The Morgan fingerprint density at radius 2 is 1.21 bits per heavy atom. The van der Waals surface area contributed by atoms with E-state index in [9.17, 15) is 0 Å². The number of rotatable bonds is 10. The second-order valence-corrected chi connectivity index (χ2v) is 8.86. The third-order valence-electron chi connectivity index (χ3n) is 5.55. The molecule has 0 aromatic rings. The molecule has 24 heavy (non-hydrogen) atoms. The summed E-state index contributed by atoms with van der Waals surface area (Å²) in [5.74, 6) is 0. The molecule has 0 rings (SSSR count). The van der Waals surface area contributed by atoms with Crippen LogP contribution in [0, 0.1) is 5.41 Å². The van der Waals surface area contributed by atoms with Crippen molar-refractivity contribution in [3.8, 4) is 0 Å². The summed E-state index contributed by atoms with van der Waals surface area (Å²) in [5.41, 5.74) is 21.1. The van der Waals surface area contributed by atoms with Crippen LogP contribution in [0.3, 0.4) is 0 Å². The van der Waals surface area contributed by atoms with Gasteiger partial charge in [0, 0.05) is 6.61 Å². The maximum Gasteiger partial charge on any atom is 0.120 e. The molecule has 0 saturated carbocycles. The zero-order valence-electron chi connectivity index (χ0n) is 17.2. The molecule has 0 heterocycles. The van der Waals surface area contributed by atoms with Crippen molar-refractivity contribution in [3.05, 3.63) is 0 Å². The molecule has 0 bridgehead atoms. The predicted octanol–water partition coefficient (Wildman–Crippen LogP) is 2.04. The maximum atomic E-state index is 6.16. The van der Waals surface area contributed by atoms with Crippen LogP contribution >= 0.6 is 0 Å². The standard InChI is InChI=1S/C18H42N4O2/c1-9-16(8,11-12-23-14(3,4)5)15(6,7)24-13-18(21,22)17(19,20)10-2/h9-13,19-22H2,1-8H3. The van der Waals surface area contributed by atoms with E-state index in [4.69, 9.17) is 32.4 Å². The van der Waals surface area contributed by atoms with Gasteiger partial charge in [0.1, 0.15) is 5.66 Å². The second-order valence-electron chi connectivity index (χ2n) is 8.86. The fourth-order valence-corrected chi connectivity index (χ4v) is 2.42. The lowest BCUT2D eigenvalue weighted by Gasteiger charge is -2.47. The Morgan fingerprint density at radius 1 is 0.708 bits per heavy atom. The van der Waals surface area contributed by atoms with Crippen molar-refractivity contribution in [2.75, 3.05) is 13.2 Å². The van der Waals surface area contributed by atoms with E-state index in [-0.39, 0.29) is 17.6 Å². The van der Waals surface area contributed by atoms with Crippen LogP contribution in [-0.4, -0.2) is 35.7 Å². The highest BCUT2D eigenvalue weighted by Gasteiger charge is 2.45.